The third-order valence-electron chi connectivity index (χ3n) is 7.58. The topological polar surface area (TPSA) is 148 Å². The maximum Gasteiger partial charge on any atom is 0.413 e. The molecule has 39 heavy (non-hydrogen) atoms. The fourth-order valence-electron chi connectivity index (χ4n) is 5.32. The third-order valence-corrected chi connectivity index (χ3v) is 7.58. The average molecular weight is 546 g/mol. The van der Waals surface area contributed by atoms with Crippen LogP contribution in [0.1, 0.15) is 72.2 Å². The highest BCUT2D eigenvalue weighted by Gasteiger charge is 2.49. The molecule has 0 saturated heterocycles. The number of hydrogen-bond acceptors (Lipinski definition) is 7. The summed E-state index contributed by atoms with van der Waals surface area (Å²) >= 11 is 0. The van der Waals surface area contributed by atoms with Crippen molar-refractivity contribution < 1.29 is 27.4 Å². The monoisotopic (exact) mass is 545 g/mol. The van der Waals surface area contributed by atoms with Crippen molar-refractivity contribution in [3.05, 3.63) is 58.2 Å². The lowest BCUT2D eigenvalue weighted by Crippen LogP contribution is -2.50. The summed E-state index contributed by atoms with van der Waals surface area (Å²) in [6.07, 6.45) is 3.88. The van der Waals surface area contributed by atoms with Gasteiger partial charge in [-0.25, -0.2) is 9.61 Å². The zero-order valence-electron chi connectivity index (χ0n) is 20.6. The van der Waals surface area contributed by atoms with Crippen molar-refractivity contribution in [2.75, 3.05) is 5.32 Å². The molecule has 0 aromatic carbocycles. The number of imidazole rings is 1. The third kappa shape index (κ3) is 5.32. The molecular weight excluding hydrogens is 519 g/mol. The molecule has 0 aliphatic heterocycles. The van der Waals surface area contributed by atoms with Gasteiger partial charge in [0.1, 0.15) is 11.7 Å². The molecule has 3 saturated carbocycles. The van der Waals surface area contributed by atoms with Crippen LogP contribution in [0.3, 0.4) is 0 Å². The standard InChI is InChI=1S/C25H26F3N7O4/c26-25(27,28)21(15-2-1-9-29-22(15)36)35-10-16(30-11-35)31-23(37)19(17(12-3-4-12)13-5-6-13)32-24(38)20-18(14-7-8-14)33-39-34-20/h1-2,9-14,17,19,21H,3-8H2,(H,29,36)(H,31,37)(H,32,38). The lowest BCUT2D eigenvalue weighted by molar-refractivity contribution is -0.157. The largest absolute Gasteiger partial charge is 0.413 e. The fraction of sp³-hybridized carbons (Fsp3) is 0.520. The second-order valence-corrected chi connectivity index (χ2v) is 10.6. The van der Waals surface area contributed by atoms with Crippen LogP contribution in [0.4, 0.5) is 19.0 Å². The second-order valence-electron chi connectivity index (χ2n) is 10.6. The number of anilines is 1. The number of rotatable bonds is 10. The molecule has 0 bridgehead atoms. The lowest BCUT2D eigenvalue weighted by Gasteiger charge is -2.27. The number of nitrogens with one attached hydrogen (secondary N) is 3. The first-order valence-corrected chi connectivity index (χ1v) is 12.9. The van der Waals surface area contributed by atoms with Gasteiger partial charge in [-0.15, -0.1) is 0 Å². The minimum absolute atomic E-state index is 0.0472. The first-order chi connectivity index (χ1) is 18.7. The Balaban J connectivity index is 1.25. The molecule has 3 aliphatic rings. The van der Waals surface area contributed by atoms with Gasteiger partial charge in [0.05, 0.1) is 6.33 Å². The number of nitrogens with zero attached hydrogens (tertiary/aromatic N) is 4. The maximum absolute atomic E-state index is 14.0. The molecule has 14 heteroatoms. The number of hydrogen-bond donors (Lipinski definition) is 3. The molecular formula is C25H26F3N7O4. The molecule has 0 spiro atoms. The first-order valence-electron chi connectivity index (χ1n) is 12.9. The van der Waals surface area contributed by atoms with Crippen LogP contribution < -0.4 is 16.2 Å². The van der Waals surface area contributed by atoms with Crippen LogP contribution in [0.15, 0.2) is 40.3 Å². The number of carbonyl (C=O) groups is 2. The summed E-state index contributed by atoms with van der Waals surface area (Å²) in [4.78, 5) is 45.0. The van der Waals surface area contributed by atoms with Crippen LogP contribution in [-0.4, -0.2) is 48.9 Å². The van der Waals surface area contributed by atoms with Gasteiger partial charge in [-0.2, -0.15) is 13.2 Å². The number of H-pyrrole nitrogens is 1. The van der Waals surface area contributed by atoms with E-state index in [9.17, 15) is 27.6 Å². The molecule has 3 fully saturated rings. The normalized spacial score (nSPS) is 19.1. The lowest BCUT2D eigenvalue weighted by atomic mass is 9.88. The van der Waals surface area contributed by atoms with E-state index in [1.54, 1.807) is 0 Å². The molecule has 2 unspecified atom stereocenters. The van der Waals surface area contributed by atoms with Gasteiger partial charge in [-0.3, -0.25) is 14.4 Å². The SMILES string of the molecule is O=C(NC(C(=O)Nc1cn(C(c2ccc[nH]c2=O)C(F)(F)F)cn1)C(C1CC1)C1CC1)c1nonc1C1CC1. The van der Waals surface area contributed by atoms with E-state index < -0.39 is 41.2 Å². The van der Waals surface area contributed by atoms with Gasteiger partial charge < -0.3 is 20.2 Å². The van der Waals surface area contributed by atoms with Gasteiger partial charge >= 0.3 is 6.18 Å². The Morgan fingerprint density at radius 2 is 1.82 bits per heavy atom. The highest BCUT2D eigenvalue weighted by molar-refractivity contribution is 6.00. The Morgan fingerprint density at radius 3 is 2.44 bits per heavy atom. The maximum atomic E-state index is 14.0. The van der Waals surface area contributed by atoms with E-state index in [2.05, 4.69) is 30.9 Å². The van der Waals surface area contributed by atoms with E-state index in [1.165, 1.54) is 12.3 Å². The zero-order valence-corrected chi connectivity index (χ0v) is 20.6. The van der Waals surface area contributed by atoms with Gasteiger partial charge in [-0.1, -0.05) is 5.16 Å². The Labute approximate surface area is 219 Å². The van der Waals surface area contributed by atoms with Crippen LogP contribution in [-0.2, 0) is 4.79 Å². The fourth-order valence-corrected chi connectivity index (χ4v) is 5.32. The van der Waals surface area contributed by atoms with Crippen LogP contribution in [0.2, 0.25) is 0 Å². The summed E-state index contributed by atoms with van der Waals surface area (Å²) < 4.78 is 47.5. The summed E-state index contributed by atoms with van der Waals surface area (Å²) in [5, 5.41) is 13.0. The van der Waals surface area contributed by atoms with Gasteiger partial charge in [0.2, 0.25) is 5.91 Å². The van der Waals surface area contributed by atoms with Crippen molar-refractivity contribution in [3.63, 3.8) is 0 Å². The quantitative estimate of drug-likeness (QED) is 0.355. The zero-order chi connectivity index (χ0) is 27.3. The molecule has 3 N–H and O–H groups in total. The number of alkyl halides is 3. The van der Waals surface area contributed by atoms with Gasteiger partial charge in [-0.05, 0) is 73.6 Å². The molecule has 11 nitrogen and oxygen atoms in total. The average Bonchev–Trinajstić information content (AvgIpc) is 3.80. The minimum atomic E-state index is -4.80. The molecule has 2 amide bonds. The molecule has 3 aliphatic carbocycles. The second kappa shape index (κ2) is 9.65. The number of carbonyl (C=O) groups excluding carboxylic acids is 2. The molecule has 206 valence electrons. The van der Waals surface area contributed by atoms with E-state index in [0.29, 0.717) is 5.69 Å². The van der Waals surface area contributed by atoms with Gasteiger partial charge in [0.25, 0.3) is 11.5 Å². The van der Waals surface area contributed by atoms with E-state index in [0.717, 1.165) is 61.7 Å². The number of pyridine rings is 1. The number of halogens is 3. The van der Waals surface area contributed by atoms with Crippen molar-refractivity contribution in [2.45, 2.75) is 62.7 Å². The van der Waals surface area contributed by atoms with Crippen LogP contribution >= 0.6 is 0 Å². The summed E-state index contributed by atoms with van der Waals surface area (Å²) in [5.74, 6) is -0.764. The predicted octanol–water partition coefficient (Wildman–Crippen LogP) is 3.16. The van der Waals surface area contributed by atoms with E-state index in [1.807, 2.05) is 0 Å². The summed E-state index contributed by atoms with van der Waals surface area (Å²) in [7, 11) is 0. The van der Waals surface area contributed by atoms with Crippen molar-refractivity contribution in [2.24, 2.45) is 17.8 Å². The van der Waals surface area contributed by atoms with Crippen LogP contribution in [0.5, 0.6) is 0 Å². The number of aromatic nitrogens is 5. The molecule has 0 radical (unpaired) electrons. The minimum Gasteiger partial charge on any atom is -0.338 e. The highest BCUT2D eigenvalue weighted by atomic mass is 19.4. The highest BCUT2D eigenvalue weighted by Crippen LogP contribution is 2.51. The smallest absolute Gasteiger partial charge is 0.338 e. The van der Waals surface area contributed by atoms with Crippen LogP contribution in [0, 0.1) is 17.8 Å². The Hall–Kier alpha value is -3.97. The molecule has 3 aromatic heterocycles. The predicted molar refractivity (Wildman–Crippen MR) is 129 cm³/mol. The van der Waals surface area contributed by atoms with Crippen molar-refractivity contribution in [1.82, 2.24) is 30.2 Å². The molecule has 3 aromatic rings. The van der Waals surface area contributed by atoms with Crippen molar-refractivity contribution in [1.29, 1.82) is 0 Å². The van der Waals surface area contributed by atoms with E-state index >= 15 is 0 Å². The Morgan fingerprint density at radius 1 is 1.10 bits per heavy atom. The number of amides is 2. The van der Waals surface area contributed by atoms with Crippen molar-refractivity contribution >= 4 is 17.6 Å². The van der Waals surface area contributed by atoms with Crippen molar-refractivity contribution in [3.8, 4) is 0 Å². The summed E-state index contributed by atoms with van der Waals surface area (Å²) in [5.41, 5.74) is -0.882. The summed E-state index contributed by atoms with van der Waals surface area (Å²) in [6.45, 7) is 0. The Bertz CT molecular complexity index is 1420. The van der Waals surface area contributed by atoms with Crippen LogP contribution in [0.25, 0.3) is 0 Å². The van der Waals surface area contributed by atoms with Gasteiger partial charge in [0, 0.05) is 23.9 Å². The molecule has 3 heterocycles. The first kappa shape index (κ1) is 25.3. The molecule has 2 atom stereocenters. The van der Waals surface area contributed by atoms with E-state index in [-0.39, 0.29) is 35.2 Å². The van der Waals surface area contributed by atoms with Gasteiger partial charge in [0.15, 0.2) is 17.6 Å². The Kier molecular flexibility index (Phi) is 6.26. The van der Waals surface area contributed by atoms with E-state index in [4.69, 9.17) is 4.63 Å². The molecule has 6 rings (SSSR count). The summed E-state index contributed by atoms with van der Waals surface area (Å²) in [6, 6.07) is -0.855. The number of aromatic amines is 1.